The maximum Gasteiger partial charge on any atom is 0.0418 e. The molecule has 0 saturated carbocycles. The lowest BCUT2D eigenvalue weighted by atomic mass is 9.86. The molecule has 0 nitrogen and oxygen atoms in total. The fourth-order valence-corrected chi connectivity index (χ4v) is 3.53. The summed E-state index contributed by atoms with van der Waals surface area (Å²) in [5.41, 5.74) is 7.61. The molecule has 112 valence electrons. The molecule has 0 spiro atoms. The standard InChI is InChI=1S/C22H17Cl/c23-20-14-18(16-7-2-1-3-8-16)13-19(15-20)22-12-6-10-17-9-4-5-11-21(17)22/h1-5,7-9,11-15H,6,10H2. The molecule has 0 heterocycles. The molecule has 23 heavy (non-hydrogen) atoms. The Bertz CT molecular complexity index is 875. The summed E-state index contributed by atoms with van der Waals surface area (Å²) in [6.45, 7) is 0. The third-order valence-corrected chi connectivity index (χ3v) is 4.60. The number of hydrogen-bond donors (Lipinski definition) is 0. The molecule has 0 unspecified atom stereocenters. The van der Waals surface area contributed by atoms with E-state index in [4.69, 9.17) is 11.6 Å². The molecule has 3 aromatic carbocycles. The van der Waals surface area contributed by atoms with Gasteiger partial charge in [0.2, 0.25) is 0 Å². The van der Waals surface area contributed by atoms with Crippen molar-refractivity contribution in [2.75, 3.05) is 0 Å². The number of hydrogen-bond acceptors (Lipinski definition) is 0. The Hall–Kier alpha value is -2.31. The third-order valence-electron chi connectivity index (χ3n) is 4.39. The van der Waals surface area contributed by atoms with Crippen molar-refractivity contribution < 1.29 is 0 Å². The Morgan fingerprint density at radius 3 is 2.30 bits per heavy atom. The smallest absolute Gasteiger partial charge is 0.0418 e. The lowest BCUT2D eigenvalue weighted by Crippen LogP contribution is -2.00. The van der Waals surface area contributed by atoms with E-state index in [0.717, 1.165) is 23.4 Å². The van der Waals surface area contributed by atoms with Crippen molar-refractivity contribution in [1.82, 2.24) is 0 Å². The fourth-order valence-electron chi connectivity index (χ4n) is 3.30. The van der Waals surface area contributed by atoms with Gasteiger partial charge in [0.05, 0.1) is 0 Å². The van der Waals surface area contributed by atoms with E-state index in [1.807, 2.05) is 12.1 Å². The number of fused-ring (bicyclic) bond motifs is 1. The van der Waals surface area contributed by atoms with Crippen molar-refractivity contribution in [3.05, 3.63) is 101 Å². The van der Waals surface area contributed by atoms with Crippen molar-refractivity contribution in [3.8, 4) is 11.1 Å². The maximum absolute atomic E-state index is 6.42. The van der Waals surface area contributed by atoms with Gasteiger partial charge in [-0.05, 0) is 64.4 Å². The first-order valence-electron chi connectivity index (χ1n) is 7.96. The molecule has 0 saturated heterocycles. The number of rotatable bonds is 2. The van der Waals surface area contributed by atoms with E-state index >= 15 is 0 Å². The number of aryl methyl sites for hydroxylation is 1. The molecule has 0 aromatic heterocycles. The van der Waals surface area contributed by atoms with E-state index in [1.54, 1.807) is 0 Å². The lowest BCUT2D eigenvalue weighted by Gasteiger charge is -2.19. The van der Waals surface area contributed by atoms with Crippen molar-refractivity contribution in [3.63, 3.8) is 0 Å². The minimum atomic E-state index is 0.783. The van der Waals surface area contributed by atoms with Crippen LogP contribution in [0.1, 0.15) is 23.1 Å². The zero-order valence-corrected chi connectivity index (χ0v) is 13.6. The van der Waals surface area contributed by atoms with Crippen LogP contribution in [0.25, 0.3) is 16.7 Å². The van der Waals surface area contributed by atoms with E-state index in [0.29, 0.717) is 0 Å². The second-order valence-electron chi connectivity index (χ2n) is 5.91. The summed E-state index contributed by atoms with van der Waals surface area (Å²) in [5, 5.41) is 0.783. The maximum atomic E-state index is 6.42. The second-order valence-corrected chi connectivity index (χ2v) is 6.34. The van der Waals surface area contributed by atoms with E-state index in [1.165, 1.54) is 27.8 Å². The third kappa shape index (κ3) is 2.83. The van der Waals surface area contributed by atoms with Gasteiger partial charge in [-0.3, -0.25) is 0 Å². The summed E-state index contributed by atoms with van der Waals surface area (Å²) >= 11 is 6.42. The highest BCUT2D eigenvalue weighted by Crippen LogP contribution is 2.35. The van der Waals surface area contributed by atoms with Gasteiger partial charge in [0.1, 0.15) is 0 Å². The van der Waals surface area contributed by atoms with Crippen LogP contribution < -0.4 is 0 Å². The Labute approximate surface area is 142 Å². The summed E-state index contributed by atoms with van der Waals surface area (Å²) in [4.78, 5) is 0. The van der Waals surface area contributed by atoms with Gasteiger partial charge in [-0.2, -0.15) is 0 Å². The number of benzene rings is 3. The Kier molecular flexibility index (Phi) is 3.77. The molecule has 0 atom stereocenters. The average molecular weight is 317 g/mol. The van der Waals surface area contributed by atoms with Crippen LogP contribution in [0, 0.1) is 0 Å². The summed E-state index contributed by atoms with van der Waals surface area (Å²) in [7, 11) is 0. The normalized spacial score (nSPS) is 13.3. The van der Waals surface area contributed by atoms with Crippen LogP contribution in [0.2, 0.25) is 5.02 Å². The molecule has 1 aliphatic rings. The lowest BCUT2D eigenvalue weighted by molar-refractivity contribution is 0.978. The van der Waals surface area contributed by atoms with E-state index in [9.17, 15) is 0 Å². The van der Waals surface area contributed by atoms with Crippen LogP contribution in [-0.4, -0.2) is 0 Å². The van der Waals surface area contributed by atoms with Gasteiger partial charge in [-0.25, -0.2) is 0 Å². The largest absolute Gasteiger partial charge is 0.0843 e. The highest BCUT2D eigenvalue weighted by atomic mass is 35.5. The van der Waals surface area contributed by atoms with E-state index < -0.39 is 0 Å². The molecule has 4 rings (SSSR count). The average Bonchev–Trinajstić information content (AvgIpc) is 2.61. The summed E-state index contributed by atoms with van der Waals surface area (Å²) in [6.07, 6.45) is 4.54. The minimum absolute atomic E-state index is 0.783. The van der Waals surface area contributed by atoms with Crippen molar-refractivity contribution in [1.29, 1.82) is 0 Å². The minimum Gasteiger partial charge on any atom is -0.0843 e. The molecule has 3 aromatic rings. The van der Waals surface area contributed by atoms with Crippen molar-refractivity contribution in [2.45, 2.75) is 12.8 Å². The number of allylic oxidation sites excluding steroid dienone is 1. The molecule has 1 heteroatoms. The predicted molar refractivity (Wildman–Crippen MR) is 98.7 cm³/mol. The van der Waals surface area contributed by atoms with Crippen LogP contribution in [-0.2, 0) is 6.42 Å². The number of halogens is 1. The van der Waals surface area contributed by atoms with Crippen molar-refractivity contribution in [2.24, 2.45) is 0 Å². The summed E-state index contributed by atoms with van der Waals surface area (Å²) < 4.78 is 0. The molecule has 0 fully saturated rings. The van der Waals surface area contributed by atoms with Gasteiger partial charge in [0, 0.05) is 5.02 Å². The Morgan fingerprint density at radius 1 is 0.696 bits per heavy atom. The van der Waals surface area contributed by atoms with Gasteiger partial charge in [-0.1, -0.05) is 72.3 Å². The molecule has 0 bridgehead atoms. The van der Waals surface area contributed by atoms with Gasteiger partial charge in [0.15, 0.2) is 0 Å². The molecule has 0 amide bonds. The van der Waals surface area contributed by atoms with Crippen LogP contribution in [0.4, 0.5) is 0 Å². The van der Waals surface area contributed by atoms with Crippen LogP contribution in [0.15, 0.2) is 78.9 Å². The zero-order chi connectivity index (χ0) is 15.6. The predicted octanol–water partition coefficient (Wildman–Crippen LogP) is 6.38. The summed E-state index contributed by atoms with van der Waals surface area (Å²) in [6, 6.07) is 25.4. The van der Waals surface area contributed by atoms with E-state index in [2.05, 4.69) is 66.7 Å². The highest BCUT2D eigenvalue weighted by molar-refractivity contribution is 6.31. The summed E-state index contributed by atoms with van der Waals surface area (Å²) in [5.74, 6) is 0. The van der Waals surface area contributed by atoms with Crippen LogP contribution in [0.3, 0.4) is 0 Å². The highest BCUT2D eigenvalue weighted by Gasteiger charge is 2.14. The second kappa shape index (κ2) is 6.06. The first-order chi connectivity index (χ1) is 11.3. The topological polar surface area (TPSA) is 0 Å². The Morgan fingerprint density at radius 2 is 1.43 bits per heavy atom. The molecule has 0 radical (unpaired) electrons. The van der Waals surface area contributed by atoms with Gasteiger partial charge in [-0.15, -0.1) is 0 Å². The monoisotopic (exact) mass is 316 g/mol. The quantitative estimate of drug-likeness (QED) is 0.514. The van der Waals surface area contributed by atoms with Gasteiger partial charge >= 0.3 is 0 Å². The van der Waals surface area contributed by atoms with Gasteiger partial charge in [0.25, 0.3) is 0 Å². The van der Waals surface area contributed by atoms with Crippen molar-refractivity contribution >= 4 is 17.2 Å². The SMILES string of the molecule is Clc1cc(C2=CCCc3ccccc32)cc(-c2ccccc2)c1. The molecule has 1 aliphatic carbocycles. The first kappa shape index (κ1) is 14.3. The molecular weight excluding hydrogens is 300 g/mol. The van der Waals surface area contributed by atoms with Crippen LogP contribution >= 0.6 is 11.6 Å². The Balaban J connectivity index is 1.84. The fraction of sp³-hybridized carbons (Fsp3) is 0.0909. The first-order valence-corrected chi connectivity index (χ1v) is 8.34. The zero-order valence-electron chi connectivity index (χ0n) is 12.8. The van der Waals surface area contributed by atoms with E-state index in [-0.39, 0.29) is 0 Å². The molecule has 0 N–H and O–H groups in total. The molecule has 0 aliphatic heterocycles. The van der Waals surface area contributed by atoms with Gasteiger partial charge < -0.3 is 0 Å². The molecular formula is C22H17Cl. The van der Waals surface area contributed by atoms with Crippen LogP contribution in [0.5, 0.6) is 0 Å².